The fourth-order valence-electron chi connectivity index (χ4n) is 7.91. The number of hydrazone groups is 1. The van der Waals surface area contributed by atoms with Crippen molar-refractivity contribution in [2.75, 3.05) is 13.1 Å². The minimum absolute atomic E-state index is 0.0123. The molecular formula is C45H58N8O8. The molecule has 1 heterocycles. The number of Topliss-reactive ketones (excluding diaryl/α,β-unsaturated/α-hetero) is 1. The zero-order valence-electron chi connectivity index (χ0n) is 34.9. The van der Waals surface area contributed by atoms with Gasteiger partial charge in [-0.3, -0.25) is 29.0 Å². The van der Waals surface area contributed by atoms with E-state index in [-0.39, 0.29) is 44.2 Å². The summed E-state index contributed by atoms with van der Waals surface area (Å²) >= 11 is 0. The van der Waals surface area contributed by atoms with Crippen LogP contribution < -0.4 is 27.5 Å². The Morgan fingerprint density at radius 3 is 2.31 bits per heavy atom. The molecule has 1 aliphatic carbocycles. The number of primary amides is 1. The van der Waals surface area contributed by atoms with Gasteiger partial charge in [0.1, 0.15) is 24.3 Å². The molecule has 16 nitrogen and oxygen atoms in total. The highest BCUT2D eigenvalue weighted by molar-refractivity contribution is 6.38. The second-order valence-electron chi connectivity index (χ2n) is 16.3. The topological polar surface area (TPSA) is 248 Å². The summed E-state index contributed by atoms with van der Waals surface area (Å²) in [6.45, 7) is 3.23. The van der Waals surface area contributed by atoms with Gasteiger partial charge >= 0.3 is 6.09 Å². The number of alkyl carbamates (subject to hydrolysis) is 1. The second-order valence-corrected chi connectivity index (χ2v) is 16.3. The molecule has 4 atom stereocenters. The number of nitrogens with one attached hydrogen (secondary N) is 3. The zero-order valence-corrected chi connectivity index (χ0v) is 34.9. The van der Waals surface area contributed by atoms with Gasteiger partial charge in [0, 0.05) is 25.1 Å². The molecule has 61 heavy (non-hydrogen) atoms. The lowest BCUT2D eigenvalue weighted by Crippen LogP contribution is -2.56. The normalized spacial score (nSPS) is 18.3. The van der Waals surface area contributed by atoms with Crippen molar-refractivity contribution in [3.63, 3.8) is 0 Å². The van der Waals surface area contributed by atoms with Crippen molar-refractivity contribution in [3.8, 4) is 0 Å². The first-order chi connectivity index (χ1) is 29.2. The number of benzene rings is 3. The highest BCUT2D eigenvalue weighted by Gasteiger charge is 2.44. The highest BCUT2D eigenvalue weighted by Crippen LogP contribution is 2.30. The largest absolute Gasteiger partial charge is 0.445 e. The Balaban J connectivity index is 1.34. The number of nitrogens with two attached hydrogens (primary N) is 2. The number of unbranched alkanes of at least 4 members (excludes halogenated alkanes) is 1. The van der Waals surface area contributed by atoms with Crippen LogP contribution in [-0.2, 0) is 30.5 Å². The quantitative estimate of drug-likeness (QED) is 0.0339. The summed E-state index contributed by atoms with van der Waals surface area (Å²) < 4.78 is 5.23. The van der Waals surface area contributed by atoms with Gasteiger partial charge < -0.3 is 42.3 Å². The lowest BCUT2D eigenvalue weighted by molar-refractivity contribution is -0.142. The number of aliphatic hydroxyl groups is 1. The third kappa shape index (κ3) is 13.4. The van der Waals surface area contributed by atoms with Gasteiger partial charge in [0.25, 0.3) is 11.8 Å². The molecule has 1 aliphatic heterocycles. The minimum atomic E-state index is -1.47. The molecule has 3 aromatic carbocycles. The summed E-state index contributed by atoms with van der Waals surface area (Å²) in [6.07, 6.45) is 6.49. The van der Waals surface area contributed by atoms with E-state index in [2.05, 4.69) is 26.0 Å². The van der Waals surface area contributed by atoms with E-state index in [1.54, 1.807) is 12.1 Å². The predicted molar refractivity (Wildman–Crippen MR) is 231 cm³/mol. The summed E-state index contributed by atoms with van der Waals surface area (Å²) in [5, 5.41) is 24.5. The molecule has 1 saturated carbocycles. The summed E-state index contributed by atoms with van der Waals surface area (Å²) in [5.74, 6) is 1.67. The van der Waals surface area contributed by atoms with Crippen LogP contribution in [0.3, 0.4) is 0 Å². The van der Waals surface area contributed by atoms with Gasteiger partial charge in [0.05, 0.1) is 24.0 Å². The average molecular weight is 839 g/mol. The number of likely N-dealkylation sites (tertiary alicyclic amines) is 1. The number of carbonyl (C=O) groups is 6. The van der Waals surface area contributed by atoms with Crippen molar-refractivity contribution >= 4 is 58.2 Å². The number of hydrogen-bond donors (Lipinski definition) is 6. The van der Waals surface area contributed by atoms with Crippen molar-refractivity contribution in [2.45, 2.75) is 114 Å². The highest BCUT2D eigenvalue weighted by atomic mass is 16.5. The molecular weight excluding hydrogens is 781 g/mol. The van der Waals surface area contributed by atoms with Crippen LogP contribution in [0.25, 0.3) is 10.8 Å². The Labute approximate surface area is 355 Å². The van der Waals surface area contributed by atoms with E-state index in [0.717, 1.165) is 48.4 Å². The molecule has 0 bridgehead atoms. The van der Waals surface area contributed by atoms with E-state index >= 15 is 0 Å². The van der Waals surface area contributed by atoms with E-state index in [1.165, 1.54) is 25.0 Å². The first kappa shape index (κ1) is 45.9. The number of ketones is 1. The fourth-order valence-corrected chi connectivity index (χ4v) is 7.91. The Morgan fingerprint density at radius 1 is 0.918 bits per heavy atom. The van der Waals surface area contributed by atoms with E-state index in [1.807, 2.05) is 60.7 Å². The van der Waals surface area contributed by atoms with Crippen LogP contribution in [0.4, 0.5) is 4.79 Å². The standard InChI is InChI=1S/C45H58N8O8/c1-45(2,60)38(26-49-47)50-34-25-37(42(57)51-35(39(54)40(46)55)19-11-12-22-48-44(59)61-28-30-15-7-4-8-16-30)53(27-34)43(58)36(23-29-13-5-3-6-14-29)52-41(56)33-21-20-31-17-9-10-18-32(31)24-33/h4,7-10,15-18,20-21,24,26,29,34-37,60H,3,5-6,11-14,19,22-23,25,27-28,47H2,1-2H3,(H2,46,55)(H,48,59)(H,51,57)(H,52,56)/t34-,35?,36+,37-/m0/s1. The number of carbonyl (C=O) groups excluding carboxylic acids is 6. The second kappa shape index (κ2) is 21.9. The van der Waals surface area contributed by atoms with Gasteiger partial charge in [0.15, 0.2) is 0 Å². The molecule has 5 amide bonds. The number of nitrogens with zero attached hydrogens (tertiary/aromatic N) is 3. The Bertz CT molecular complexity index is 2080. The summed E-state index contributed by atoms with van der Waals surface area (Å²) in [4.78, 5) is 86.5. The van der Waals surface area contributed by atoms with Crippen LogP contribution in [0.15, 0.2) is 82.9 Å². The fraction of sp³-hybridized carbons (Fsp3) is 0.467. The summed E-state index contributed by atoms with van der Waals surface area (Å²) in [7, 11) is 0. The SMILES string of the molecule is CC(C)(O)C(C=NN)=N[C@H]1C[C@@H](C(=O)NC(CCCCNC(=O)OCc2ccccc2)C(=O)C(N)=O)N(C(=O)[C@@H](CC2CCCCC2)NC(=O)c2ccc3ccccc3c2)C1. The van der Waals surface area contributed by atoms with Gasteiger partial charge in [-0.25, -0.2) is 4.79 Å². The van der Waals surface area contributed by atoms with Crippen LogP contribution in [0.2, 0.25) is 0 Å². The third-order valence-corrected chi connectivity index (χ3v) is 11.2. The molecule has 326 valence electrons. The molecule has 0 aromatic heterocycles. The molecule has 5 rings (SSSR count). The van der Waals surface area contributed by atoms with Crippen molar-refractivity contribution in [1.82, 2.24) is 20.9 Å². The van der Waals surface area contributed by atoms with Crippen LogP contribution in [-0.4, -0.2) is 100 Å². The lowest BCUT2D eigenvalue weighted by atomic mass is 9.84. The van der Waals surface area contributed by atoms with Gasteiger partial charge in [-0.05, 0) is 73.9 Å². The van der Waals surface area contributed by atoms with Gasteiger partial charge in [-0.15, -0.1) is 0 Å². The zero-order chi connectivity index (χ0) is 43.9. The van der Waals surface area contributed by atoms with Crippen molar-refractivity contribution < 1.29 is 38.6 Å². The molecule has 0 radical (unpaired) electrons. The number of aliphatic imine (C=N–C) groups is 1. The van der Waals surface area contributed by atoms with Gasteiger partial charge in [0.2, 0.25) is 17.6 Å². The number of amides is 5. The molecule has 1 unspecified atom stereocenters. The lowest BCUT2D eigenvalue weighted by Gasteiger charge is -2.32. The van der Waals surface area contributed by atoms with Crippen LogP contribution in [0.1, 0.15) is 94.0 Å². The van der Waals surface area contributed by atoms with E-state index in [9.17, 15) is 33.9 Å². The van der Waals surface area contributed by atoms with E-state index < -0.39 is 65.3 Å². The maximum Gasteiger partial charge on any atom is 0.407 e. The van der Waals surface area contributed by atoms with Crippen LogP contribution in [0, 0.1) is 5.92 Å². The van der Waals surface area contributed by atoms with E-state index in [0.29, 0.717) is 24.8 Å². The average Bonchev–Trinajstić information content (AvgIpc) is 3.68. The smallest absolute Gasteiger partial charge is 0.407 e. The first-order valence-corrected chi connectivity index (χ1v) is 21.0. The summed E-state index contributed by atoms with van der Waals surface area (Å²) in [5.41, 5.74) is 5.27. The van der Waals surface area contributed by atoms with Crippen molar-refractivity contribution in [3.05, 3.63) is 83.9 Å². The molecule has 2 aliphatic rings. The number of fused-ring (bicyclic) bond motifs is 1. The first-order valence-electron chi connectivity index (χ1n) is 21.0. The molecule has 16 heteroatoms. The number of hydrogen-bond acceptors (Lipinski definition) is 11. The Kier molecular flexibility index (Phi) is 16.5. The van der Waals surface area contributed by atoms with Crippen LogP contribution in [0.5, 0.6) is 0 Å². The van der Waals surface area contributed by atoms with Crippen molar-refractivity contribution in [1.29, 1.82) is 0 Å². The summed E-state index contributed by atoms with van der Waals surface area (Å²) in [6, 6.07) is 17.9. The van der Waals surface area contributed by atoms with Crippen molar-refractivity contribution in [2.24, 2.45) is 27.6 Å². The van der Waals surface area contributed by atoms with Gasteiger partial charge in [-0.1, -0.05) is 92.8 Å². The molecule has 3 aromatic rings. The maximum atomic E-state index is 14.8. The molecule has 8 N–H and O–H groups in total. The van der Waals surface area contributed by atoms with Gasteiger partial charge in [-0.2, -0.15) is 5.10 Å². The minimum Gasteiger partial charge on any atom is -0.445 e. The Hall–Kier alpha value is -6.16. The molecule has 0 spiro atoms. The van der Waals surface area contributed by atoms with E-state index in [4.69, 9.17) is 16.3 Å². The van der Waals surface area contributed by atoms with Crippen LogP contribution >= 0.6 is 0 Å². The number of rotatable bonds is 19. The third-order valence-electron chi connectivity index (χ3n) is 11.2. The molecule has 2 fully saturated rings. The Morgan fingerprint density at radius 2 is 1.62 bits per heavy atom. The predicted octanol–water partition coefficient (Wildman–Crippen LogP) is 3.67. The maximum absolute atomic E-state index is 14.8. The monoisotopic (exact) mass is 838 g/mol. The number of ether oxygens (including phenoxy) is 1. The molecule has 1 saturated heterocycles.